The summed E-state index contributed by atoms with van der Waals surface area (Å²) in [6.07, 6.45) is 2.98. The smallest absolute Gasteiger partial charge is 0.235 e. The molecule has 0 aliphatic heterocycles. The molecule has 2 rings (SSSR count). The standard InChI is InChI=1S/C17H24N2O2/c1-3-13(2)19-16(21)17(10-11-17)15(20)18-12-9-14-7-5-4-6-8-14/h4-8,13H,3,9-12H2,1-2H3,(H,18,20)(H,19,21). The van der Waals surface area contributed by atoms with Gasteiger partial charge in [-0.25, -0.2) is 0 Å². The molecule has 1 aliphatic rings. The van der Waals surface area contributed by atoms with Crippen molar-refractivity contribution in [2.75, 3.05) is 6.54 Å². The van der Waals surface area contributed by atoms with E-state index in [1.54, 1.807) is 0 Å². The monoisotopic (exact) mass is 288 g/mol. The van der Waals surface area contributed by atoms with Crippen LogP contribution in [0.5, 0.6) is 0 Å². The Hall–Kier alpha value is -1.84. The van der Waals surface area contributed by atoms with Crippen molar-refractivity contribution in [2.45, 2.75) is 45.6 Å². The van der Waals surface area contributed by atoms with E-state index in [4.69, 9.17) is 0 Å². The van der Waals surface area contributed by atoms with E-state index in [1.807, 2.05) is 44.2 Å². The topological polar surface area (TPSA) is 58.2 Å². The molecule has 4 nitrogen and oxygen atoms in total. The number of carbonyl (C=O) groups is 2. The molecule has 0 bridgehead atoms. The summed E-state index contributed by atoms with van der Waals surface area (Å²) in [6, 6.07) is 10.1. The minimum Gasteiger partial charge on any atom is -0.355 e. The summed E-state index contributed by atoms with van der Waals surface area (Å²) in [4.78, 5) is 24.5. The Morgan fingerprint density at radius 3 is 2.43 bits per heavy atom. The highest BCUT2D eigenvalue weighted by molar-refractivity contribution is 6.07. The first kappa shape index (κ1) is 15.5. The first-order valence-corrected chi connectivity index (χ1v) is 7.71. The van der Waals surface area contributed by atoms with Crippen LogP contribution in [0.2, 0.25) is 0 Å². The highest BCUT2D eigenvalue weighted by atomic mass is 16.2. The first-order chi connectivity index (χ1) is 10.1. The van der Waals surface area contributed by atoms with Crippen molar-refractivity contribution in [3.63, 3.8) is 0 Å². The van der Waals surface area contributed by atoms with Gasteiger partial charge in [-0.15, -0.1) is 0 Å². The Bertz CT molecular complexity index is 495. The molecule has 0 aromatic heterocycles. The highest BCUT2D eigenvalue weighted by Gasteiger charge is 2.56. The van der Waals surface area contributed by atoms with Crippen molar-refractivity contribution in [3.8, 4) is 0 Å². The van der Waals surface area contributed by atoms with E-state index in [2.05, 4.69) is 10.6 Å². The number of hydrogen-bond acceptors (Lipinski definition) is 2. The lowest BCUT2D eigenvalue weighted by atomic mass is 10.0. The van der Waals surface area contributed by atoms with E-state index in [-0.39, 0.29) is 17.9 Å². The average Bonchev–Trinajstić information content (AvgIpc) is 3.30. The van der Waals surface area contributed by atoms with Gasteiger partial charge in [-0.3, -0.25) is 9.59 Å². The highest BCUT2D eigenvalue weighted by Crippen LogP contribution is 2.46. The van der Waals surface area contributed by atoms with Crippen molar-refractivity contribution < 1.29 is 9.59 Å². The molecule has 0 spiro atoms. The van der Waals surface area contributed by atoms with Crippen molar-refractivity contribution in [1.82, 2.24) is 10.6 Å². The van der Waals surface area contributed by atoms with E-state index >= 15 is 0 Å². The zero-order valence-electron chi connectivity index (χ0n) is 12.8. The molecule has 1 unspecified atom stereocenters. The van der Waals surface area contributed by atoms with Crippen LogP contribution in [0.15, 0.2) is 30.3 Å². The third-order valence-electron chi connectivity index (χ3n) is 4.15. The van der Waals surface area contributed by atoms with Gasteiger partial charge in [-0.1, -0.05) is 37.3 Å². The Labute approximate surface area is 126 Å². The van der Waals surface area contributed by atoms with Crippen LogP contribution >= 0.6 is 0 Å². The number of rotatable bonds is 7. The zero-order chi connectivity index (χ0) is 15.3. The average molecular weight is 288 g/mol. The number of amides is 2. The summed E-state index contributed by atoms with van der Waals surface area (Å²) < 4.78 is 0. The molecule has 1 fully saturated rings. The molecule has 1 atom stereocenters. The Morgan fingerprint density at radius 2 is 1.86 bits per heavy atom. The Morgan fingerprint density at radius 1 is 1.19 bits per heavy atom. The van der Waals surface area contributed by atoms with Gasteiger partial charge in [0.25, 0.3) is 0 Å². The van der Waals surface area contributed by atoms with Crippen LogP contribution in [0, 0.1) is 5.41 Å². The summed E-state index contributed by atoms with van der Waals surface area (Å²) >= 11 is 0. The molecule has 1 aliphatic carbocycles. The molecule has 1 saturated carbocycles. The van der Waals surface area contributed by atoms with E-state index in [0.717, 1.165) is 12.8 Å². The second-order valence-corrected chi connectivity index (χ2v) is 5.86. The lowest BCUT2D eigenvalue weighted by Crippen LogP contribution is -2.46. The van der Waals surface area contributed by atoms with Crippen LogP contribution in [0.1, 0.15) is 38.7 Å². The Balaban J connectivity index is 1.81. The zero-order valence-corrected chi connectivity index (χ0v) is 12.8. The molecule has 21 heavy (non-hydrogen) atoms. The number of benzene rings is 1. The van der Waals surface area contributed by atoms with Crippen LogP contribution in [-0.2, 0) is 16.0 Å². The van der Waals surface area contributed by atoms with Crippen LogP contribution in [0.4, 0.5) is 0 Å². The summed E-state index contributed by atoms with van der Waals surface area (Å²) in [5, 5.41) is 5.83. The lowest BCUT2D eigenvalue weighted by Gasteiger charge is -2.18. The van der Waals surface area contributed by atoms with Crippen molar-refractivity contribution in [3.05, 3.63) is 35.9 Å². The van der Waals surface area contributed by atoms with E-state index in [0.29, 0.717) is 19.4 Å². The number of nitrogens with one attached hydrogen (secondary N) is 2. The molecule has 0 radical (unpaired) electrons. The van der Waals surface area contributed by atoms with E-state index in [1.165, 1.54) is 5.56 Å². The minimum atomic E-state index is -0.805. The SMILES string of the molecule is CCC(C)NC(=O)C1(C(=O)NCCc2ccccc2)CC1. The van der Waals surface area contributed by atoms with Crippen molar-refractivity contribution >= 4 is 11.8 Å². The number of carbonyl (C=O) groups excluding carboxylic acids is 2. The van der Waals surface area contributed by atoms with E-state index in [9.17, 15) is 9.59 Å². The first-order valence-electron chi connectivity index (χ1n) is 7.71. The maximum atomic E-state index is 12.3. The predicted molar refractivity (Wildman–Crippen MR) is 82.7 cm³/mol. The molecule has 0 heterocycles. The van der Waals surface area contributed by atoms with Gasteiger partial charge in [-0.2, -0.15) is 0 Å². The Kier molecular flexibility index (Phi) is 4.99. The van der Waals surface area contributed by atoms with Gasteiger partial charge < -0.3 is 10.6 Å². The van der Waals surface area contributed by atoms with Gasteiger partial charge in [0, 0.05) is 12.6 Å². The summed E-state index contributed by atoms with van der Waals surface area (Å²) in [5.74, 6) is -0.242. The molecule has 2 amide bonds. The van der Waals surface area contributed by atoms with Gasteiger partial charge in [0.05, 0.1) is 0 Å². The second-order valence-electron chi connectivity index (χ2n) is 5.86. The van der Waals surface area contributed by atoms with Gasteiger partial charge >= 0.3 is 0 Å². The fraction of sp³-hybridized carbons (Fsp3) is 0.529. The van der Waals surface area contributed by atoms with Gasteiger partial charge in [-0.05, 0) is 38.2 Å². The summed E-state index contributed by atoms with van der Waals surface area (Å²) in [6.45, 7) is 4.55. The van der Waals surface area contributed by atoms with Gasteiger partial charge in [0.15, 0.2) is 0 Å². The van der Waals surface area contributed by atoms with E-state index < -0.39 is 5.41 Å². The van der Waals surface area contributed by atoms with Gasteiger partial charge in [0.1, 0.15) is 5.41 Å². The summed E-state index contributed by atoms with van der Waals surface area (Å²) in [5.41, 5.74) is 0.381. The molecule has 1 aromatic carbocycles. The molecular formula is C17H24N2O2. The maximum Gasteiger partial charge on any atom is 0.235 e. The molecule has 2 N–H and O–H groups in total. The van der Waals surface area contributed by atoms with Crippen LogP contribution in [-0.4, -0.2) is 24.4 Å². The van der Waals surface area contributed by atoms with Crippen LogP contribution in [0.3, 0.4) is 0 Å². The van der Waals surface area contributed by atoms with Crippen molar-refractivity contribution in [2.24, 2.45) is 5.41 Å². The molecule has 1 aromatic rings. The fourth-order valence-corrected chi connectivity index (χ4v) is 2.28. The van der Waals surface area contributed by atoms with Crippen molar-refractivity contribution in [1.29, 1.82) is 0 Å². The molecule has 114 valence electrons. The molecule has 4 heteroatoms. The number of hydrogen-bond donors (Lipinski definition) is 2. The third-order valence-corrected chi connectivity index (χ3v) is 4.15. The molecular weight excluding hydrogens is 264 g/mol. The third kappa shape index (κ3) is 3.84. The maximum absolute atomic E-state index is 12.3. The predicted octanol–water partition coefficient (Wildman–Crippen LogP) is 2.04. The lowest BCUT2D eigenvalue weighted by molar-refractivity contribution is -0.137. The van der Waals surface area contributed by atoms with Crippen LogP contribution < -0.4 is 10.6 Å². The minimum absolute atomic E-state index is 0.117. The molecule has 0 saturated heterocycles. The fourth-order valence-electron chi connectivity index (χ4n) is 2.28. The second kappa shape index (κ2) is 6.74. The normalized spacial score (nSPS) is 16.9. The largest absolute Gasteiger partial charge is 0.355 e. The quantitative estimate of drug-likeness (QED) is 0.754. The van der Waals surface area contributed by atoms with Gasteiger partial charge in [0.2, 0.25) is 11.8 Å². The summed E-state index contributed by atoms with van der Waals surface area (Å²) in [7, 11) is 0. The van der Waals surface area contributed by atoms with Crippen LogP contribution in [0.25, 0.3) is 0 Å².